The Bertz CT molecular complexity index is 598. The van der Waals surface area contributed by atoms with Gasteiger partial charge < -0.3 is 4.74 Å². The standard InChI is InChI=1S/C38H70O/c1-7-10-12-14-15-17-20-23-27-35(4)30-32-38(9-3)33-31-36(5)28-24-21-18-16-19-22-26-34-39-37(6)29-25-13-11-8-2/h23-24,27-28,37-38H,4-5,7-22,25-26,29-34H2,1-3,6H3/b27-23+,28-24+. The average molecular weight is 543 g/mol. The Morgan fingerprint density at radius 1 is 0.590 bits per heavy atom. The molecule has 0 aromatic carbocycles. The van der Waals surface area contributed by atoms with E-state index in [0.29, 0.717) is 6.10 Å². The van der Waals surface area contributed by atoms with Gasteiger partial charge in [-0.25, -0.2) is 0 Å². The molecule has 0 aliphatic rings. The Hall–Kier alpha value is -1.08. The fourth-order valence-electron chi connectivity index (χ4n) is 5.16. The summed E-state index contributed by atoms with van der Waals surface area (Å²) in [5.41, 5.74) is 2.60. The first-order chi connectivity index (χ1) is 19.0. The predicted molar refractivity (Wildman–Crippen MR) is 179 cm³/mol. The monoisotopic (exact) mass is 543 g/mol. The van der Waals surface area contributed by atoms with Gasteiger partial charge in [0.1, 0.15) is 0 Å². The summed E-state index contributed by atoms with van der Waals surface area (Å²) in [7, 11) is 0. The van der Waals surface area contributed by atoms with Crippen LogP contribution in [0.2, 0.25) is 0 Å². The first-order valence-corrected chi connectivity index (χ1v) is 17.3. The van der Waals surface area contributed by atoms with E-state index in [-0.39, 0.29) is 0 Å². The van der Waals surface area contributed by atoms with E-state index < -0.39 is 0 Å². The van der Waals surface area contributed by atoms with Crippen molar-refractivity contribution in [3.05, 3.63) is 48.6 Å². The SMILES string of the molecule is C=C(/C=C/CCCCCCCC)CCC(CC)CCC(=C)/C=C/CCCCCCCOC(C)CCCCCC. The summed E-state index contributed by atoms with van der Waals surface area (Å²) in [6.07, 6.45) is 39.5. The minimum Gasteiger partial charge on any atom is -0.379 e. The van der Waals surface area contributed by atoms with E-state index in [1.54, 1.807) is 0 Å². The number of hydrogen-bond acceptors (Lipinski definition) is 1. The van der Waals surface area contributed by atoms with E-state index >= 15 is 0 Å². The molecule has 2 atom stereocenters. The Kier molecular flexibility index (Phi) is 29.1. The Labute approximate surface area is 247 Å². The van der Waals surface area contributed by atoms with Gasteiger partial charge >= 0.3 is 0 Å². The summed E-state index contributed by atoms with van der Waals surface area (Å²) in [5.74, 6) is 0.784. The molecule has 0 amide bonds. The van der Waals surface area contributed by atoms with Gasteiger partial charge in [0.15, 0.2) is 0 Å². The minimum atomic E-state index is 0.439. The summed E-state index contributed by atoms with van der Waals surface area (Å²) in [4.78, 5) is 0. The van der Waals surface area contributed by atoms with Crippen LogP contribution in [0.1, 0.15) is 175 Å². The first kappa shape index (κ1) is 37.9. The highest BCUT2D eigenvalue weighted by Gasteiger charge is 2.07. The van der Waals surface area contributed by atoms with Gasteiger partial charge in [0.05, 0.1) is 6.10 Å². The summed E-state index contributed by atoms with van der Waals surface area (Å²) in [6, 6.07) is 0. The molecule has 0 fully saturated rings. The fraction of sp³-hybridized carbons (Fsp3) is 0.789. The number of rotatable bonds is 30. The van der Waals surface area contributed by atoms with Gasteiger partial charge in [-0.05, 0) is 77.0 Å². The van der Waals surface area contributed by atoms with Crippen LogP contribution in [-0.4, -0.2) is 12.7 Å². The van der Waals surface area contributed by atoms with E-state index in [9.17, 15) is 0 Å². The Morgan fingerprint density at radius 3 is 1.56 bits per heavy atom. The molecule has 0 spiro atoms. The fourth-order valence-corrected chi connectivity index (χ4v) is 5.16. The molecular formula is C38H70O. The molecule has 0 radical (unpaired) electrons. The molecule has 0 aliphatic carbocycles. The van der Waals surface area contributed by atoms with Crippen LogP contribution in [0.3, 0.4) is 0 Å². The highest BCUT2D eigenvalue weighted by molar-refractivity contribution is 5.15. The summed E-state index contributed by atoms with van der Waals surface area (Å²) in [6.45, 7) is 18.7. The lowest BCUT2D eigenvalue weighted by atomic mass is 9.91. The number of allylic oxidation sites excluding steroid dienone is 6. The summed E-state index contributed by atoms with van der Waals surface area (Å²) >= 11 is 0. The molecule has 1 heteroatoms. The Balaban J connectivity index is 3.71. The smallest absolute Gasteiger partial charge is 0.0547 e. The van der Waals surface area contributed by atoms with Crippen LogP contribution >= 0.6 is 0 Å². The van der Waals surface area contributed by atoms with Crippen LogP contribution in [0.4, 0.5) is 0 Å². The van der Waals surface area contributed by atoms with Crippen molar-refractivity contribution in [3.63, 3.8) is 0 Å². The summed E-state index contributed by atoms with van der Waals surface area (Å²) < 4.78 is 5.98. The van der Waals surface area contributed by atoms with Crippen molar-refractivity contribution in [2.24, 2.45) is 5.92 Å². The van der Waals surface area contributed by atoms with Crippen molar-refractivity contribution in [2.75, 3.05) is 6.61 Å². The molecule has 0 aromatic heterocycles. The van der Waals surface area contributed by atoms with Crippen molar-refractivity contribution in [3.8, 4) is 0 Å². The van der Waals surface area contributed by atoms with Crippen LogP contribution in [0.25, 0.3) is 0 Å². The maximum Gasteiger partial charge on any atom is 0.0547 e. The highest BCUT2D eigenvalue weighted by atomic mass is 16.5. The third-order valence-electron chi connectivity index (χ3n) is 8.14. The minimum absolute atomic E-state index is 0.439. The Morgan fingerprint density at radius 2 is 1.05 bits per heavy atom. The van der Waals surface area contributed by atoms with Crippen molar-refractivity contribution < 1.29 is 4.74 Å². The van der Waals surface area contributed by atoms with Crippen molar-refractivity contribution in [1.82, 2.24) is 0 Å². The normalized spacial score (nSPS) is 13.4. The number of unbranched alkanes of at least 4 members (excludes halogenated alkanes) is 14. The lowest BCUT2D eigenvalue weighted by Crippen LogP contribution is -2.09. The zero-order chi connectivity index (χ0) is 28.8. The number of hydrogen-bond donors (Lipinski definition) is 0. The quantitative estimate of drug-likeness (QED) is 0.0647. The third-order valence-corrected chi connectivity index (χ3v) is 8.14. The molecule has 39 heavy (non-hydrogen) atoms. The molecular weight excluding hydrogens is 472 g/mol. The molecule has 1 nitrogen and oxygen atoms in total. The second-order valence-corrected chi connectivity index (χ2v) is 12.1. The van der Waals surface area contributed by atoms with Crippen LogP contribution in [0.5, 0.6) is 0 Å². The largest absolute Gasteiger partial charge is 0.379 e. The lowest BCUT2D eigenvalue weighted by molar-refractivity contribution is 0.0557. The molecule has 0 aromatic rings. The summed E-state index contributed by atoms with van der Waals surface area (Å²) in [5, 5.41) is 0. The predicted octanol–water partition coefficient (Wildman–Crippen LogP) is 13.3. The third kappa shape index (κ3) is 28.3. The van der Waals surface area contributed by atoms with Crippen molar-refractivity contribution in [1.29, 1.82) is 0 Å². The average Bonchev–Trinajstić information content (AvgIpc) is 2.93. The molecule has 0 aliphatic heterocycles. The molecule has 0 rings (SSSR count). The van der Waals surface area contributed by atoms with E-state index in [2.05, 4.69) is 65.2 Å². The topological polar surface area (TPSA) is 9.23 Å². The van der Waals surface area contributed by atoms with Gasteiger partial charge in [0, 0.05) is 6.61 Å². The molecule has 0 heterocycles. The molecule has 0 saturated heterocycles. The van der Waals surface area contributed by atoms with Crippen LogP contribution in [0, 0.1) is 5.92 Å². The van der Waals surface area contributed by atoms with E-state index in [0.717, 1.165) is 25.4 Å². The second kappa shape index (κ2) is 29.9. The van der Waals surface area contributed by atoms with Gasteiger partial charge in [-0.2, -0.15) is 0 Å². The lowest BCUT2D eigenvalue weighted by Gasteiger charge is -2.15. The molecule has 0 saturated carbocycles. The molecule has 228 valence electrons. The van der Waals surface area contributed by atoms with Crippen LogP contribution in [0.15, 0.2) is 48.6 Å². The van der Waals surface area contributed by atoms with Gasteiger partial charge in [0.25, 0.3) is 0 Å². The van der Waals surface area contributed by atoms with E-state index in [1.165, 1.54) is 146 Å². The second-order valence-electron chi connectivity index (χ2n) is 12.1. The van der Waals surface area contributed by atoms with Gasteiger partial charge in [-0.1, -0.05) is 153 Å². The van der Waals surface area contributed by atoms with E-state index in [1.807, 2.05) is 0 Å². The van der Waals surface area contributed by atoms with Crippen molar-refractivity contribution in [2.45, 2.75) is 181 Å². The first-order valence-electron chi connectivity index (χ1n) is 17.3. The molecule has 0 bridgehead atoms. The van der Waals surface area contributed by atoms with Gasteiger partial charge in [-0.3, -0.25) is 0 Å². The highest BCUT2D eigenvalue weighted by Crippen LogP contribution is 2.23. The van der Waals surface area contributed by atoms with Crippen LogP contribution < -0.4 is 0 Å². The van der Waals surface area contributed by atoms with Gasteiger partial charge in [-0.15, -0.1) is 0 Å². The zero-order valence-corrected chi connectivity index (χ0v) is 27.3. The van der Waals surface area contributed by atoms with Gasteiger partial charge in [0.2, 0.25) is 0 Å². The number of ether oxygens (including phenoxy) is 1. The molecule has 0 N–H and O–H groups in total. The zero-order valence-electron chi connectivity index (χ0n) is 27.3. The van der Waals surface area contributed by atoms with Crippen molar-refractivity contribution >= 4 is 0 Å². The maximum atomic E-state index is 5.98. The molecule has 2 unspecified atom stereocenters. The van der Waals surface area contributed by atoms with E-state index in [4.69, 9.17) is 4.74 Å². The van der Waals surface area contributed by atoms with Crippen LogP contribution in [-0.2, 0) is 4.74 Å². The maximum absolute atomic E-state index is 5.98.